The normalized spacial score (nSPS) is 16.4. The lowest BCUT2D eigenvalue weighted by atomic mass is 9.82. The van der Waals surface area contributed by atoms with Crippen LogP contribution in [0.5, 0.6) is 5.75 Å². The quantitative estimate of drug-likeness (QED) is 0.446. The van der Waals surface area contributed by atoms with Crippen molar-refractivity contribution in [1.82, 2.24) is 15.2 Å². The molecule has 0 spiro atoms. The molecule has 2 aromatic rings. The Balaban J connectivity index is 1.61. The number of nitrogens with one attached hydrogen (secondary N) is 1. The van der Waals surface area contributed by atoms with E-state index in [1.165, 1.54) is 0 Å². The number of hydrogen-bond acceptors (Lipinski definition) is 7. The van der Waals surface area contributed by atoms with E-state index in [1.54, 1.807) is 30.3 Å². The maximum Gasteiger partial charge on any atom is 0.254 e. The van der Waals surface area contributed by atoms with Crippen LogP contribution in [0.2, 0.25) is 0 Å². The van der Waals surface area contributed by atoms with E-state index in [0.717, 1.165) is 24.5 Å². The highest BCUT2D eigenvalue weighted by atomic mass is 16.5. The van der Waals surface area contributed by atoms with Crippen LogP contribution >= 0.6 is 0 Å². The Morgan fingerprint density at radius 2 is 2.08 bits per heavy atom. The number of ether oxygens (including phenoxy) is 2. The van der Waals surface area contributed by atoms with Gasteiger partial charge in [-0.3, -0.25) is 19.7 Å². The third-order valence-corrected chi connectivity index (χ3v) is 6.49. The van der Waals surface area contributed by atoms with Crippen molar-refractivity contribution in [2.45, 2.75) is 26.3 Å². The molecule has 1 fully saturated rings. The van der Waals surface area contributed by atoms with Crippen molar-refractivity contribution in [3.63, 3.8) is 0 Å². The van der Waals surface area contributed by atoms with Crippen LogP contribution in [0.1, 0.15) is 41.3 Å². The van der Waals surface area contributed by atoms with Crippen LogP contribution in [0.15, 0.2) is 36.5 Å². The first kappa shape index (κ1) is 25.2. The zero-order valence-electron chi connectivity index (χ0n) is 20.6. The van der Waals surface area contributed by atoms with E-state index in [2.05, 4.69) is 27.0 Å². The van der Waals surface area contributed by atoms with Gasteiger partial charge in [-0.15, -0.1) is 0 Å². The molecule has 9 heteroatoms. The Kier molecular flexibility index (Phi) is 7.86. The molecule has 0 radical (unpaired) electrons. The number of fused-ring (bicyclic) bond motifs is 1. The number of morpholine rings is 1. The Morgan fingerprint density at radius 1 is 1.28 bits per heavy atom. The zero-order valence-corrected chi connectivity index (χ0v) is 20.6. The molecule has 0 saturated carbocycles. The molecular formula is C27H30N4O5. The zero-order chi connectivity index (χ0) is 25.5. The topological polar surface area (TPSA) is 101 Å². The standard InChI is InChI=1S/C27H30N4O5/c1-3-9-27(26(34)29-19-32,18-31-17-21-5-6-22(35-2)15-23(21)25(31)33)10-8-20-4-7-24(28-16-20)30-11-13-36-14-12-30/h4-7,15-16,19H,3,9,11-14,17-18H2,1-2H3,(H,29,32,34)/t27-/m0/s1. The molecule has 2 aliphatic heterocycles. The van der Waals surface area contributed by atoms with Gasteiger partial charge in [-0.1, -0.05) is 31.3 Å². The predicted octanol–water partition coefficient (Wildman–Crippen LogP) is 1.99. The Bertz CT molecular complexity index is 1180. The number of imide groups is 1. The SMILES string of the molecule is CCC[C@](C#Cc1ccc(N2CCOCC2)nc1)(CN1Cc2ccc(OC)cc2C1=O)C(=O)NC=O. The predicted molar refractivity (Wildman–Crippen MR) is 133 cm³/mol. The van der Waals surface area contributed by atoms with Gasteiger partial charge >= 0.3 is 0 Å². The fourth-order valence-corrected chi connectivity index (χ4v) is 4.59. The van der Waals surface area contributed by atoms with Crippen molar-refractivity contribution in [3.8, 4) is 17.6 Å². The molecule has 3 amide bonds. The van der Waals surface area contributed by atoms with Gasteiger partial charge in [0, 0.05) is 43.5 Å². The van der Waals surface area contributed by atoms with E-state index < -0.39 is 11.3 Å². The summed E-state index contributed by atoms with van der Waals surface area (Å²) in [5.74, 6) is 6.92. The minimum atomic E-state index is -1.26. The lowest BCUT2D eigenvalue weighted by Crippen LogP contribution is -2.47. The average Bonchev–Trinajstić information content (AvgIpc) is 3.22. The van der Waals surface area contributed by atoms with Crippen LogP contribution in [0.4, 0.5) is 5.82 Å². The first-order valence-corrected chi connectivity index (χ1v) is 12.0. The number of hydrogen-bond donors (Lipinski definition) is 1. The lowest BCUT2D eigenvalue weighted by molar-refractivity contribution is -0.132. The van der Waals surface area contributed by atoms with Crippen molar-refractivity contribution >= 4 is 24.0 Å². The highest BCUT2D eigenvalue weighted by Gasteiger charge is 2.41. The summed E-state index contributed by atoms with van der Waals surface area (Å²) in [6.07, 6.45) is 3.05. The van der Waals surface area contributed by atoms with Gasteiger partial charge in [0.1, 0.15) is 17.0 Å². The number of carbonyl (C=O) groups excluding carboxylic acids is 3. The van der Waals surface area contributed by atoms with E-state index in [1.807, 2.05) is 25.1 Å². The number of anilines is 1. The van der Waals surface area contributed by atoms with Gasteiger partial charge < -0.3 is 19.3 Å². The lowest BCUT2D eigenvalue weighted by Gasteiger charge is -2.31. The molecule has 1 aromatic carbocycles. The van der Waals surface area contributed by atoms with Crippen LogP contribution in [0.25, 0.3) is 0 Å². The van der Waals surface area contributed by atoms with Crippen molar-refractivity contribution < 1.29 is 23.9 Å². The number of carbonyl (C=O) groups is 3. The van der Waals surface area contributed by atoms with E-state index in [-0.39, 0.29) is 12.5 Å². The Labute approximate surface area is 210 Å². The van der Waals surface area contributed by atoms with Gasteiger partial charge in [-0.2, -0.15) is 0 Å². The molecule has 0 aliphatic carbocycles. The van der Waals surface area contributed by atoms with E-state index in [4.69, 9.17) is 9.47 Å². The van der Waals surface area contributed by atoms with Crippen LogP contribution in [-0.4, -0.2) is 68.1 Å². The second-order valence-electron chi connectivity index (χ2n) is 8.86. The molecule has 1 atom stereocenters. The Hall–Kier alpha value is -3.90. The number of benzene rings is 1. The summed E-state index contributed by atoms with van der Waals surface area (Å²) >= 11 is 0. The number of methoxy groups -OCH3 is 1. The number of rotatable bonds is 8. The molecule has 1 N–H and O–H groups in total. The third-order valence-electron chi connectivity index (χ3n) is 6.49. The monoisotopic (exact) mass is 490 g/mol. The number of pyridine rings is 1. The number of aromatic nitrogens is 1. The Morgan fingerprint density at radius 3 is 2.75 bits per heavy atom. The summed E-state index contributed by atoms with van der Waals surface area (Å²) in [4.78, 5) is 45.8. The van der Waals surface area contributed by atoms with Gasteiger partial charge in [0.25, 0.3) is 5.91 Å². The van der Waals surface area contributed by atoms with Gasteiger partial charge in [0.15, 0.2) is 0 Å². The molecule has 2 aliphatic rings. The highest BCUT2D eigenvalue weighted by Crippen LogP contribution is 2.32. The first-order chi connectivity index (χ1) is 17.5. The highest BCUT2D eigenvalue weighted by molar-refractivity contribution is 6.00. The van der Waals surface area contributed by atoms with Crippen LogP contribution in [0.3, 0.4) is 0 Å². The number of nitrogens with zero attached hydrogens (tertiary/aromatic N) is 3. The fourth-order valence-electron chi connectivity index (χ4n) is 4.59. The van der Waals surface area contributed by atoms with Crippen LogP contribution < -0.4 is 15.0 Å². The minimum Gasteiger partial charge on any atom is -0.497 e. The smallest absolute Gasteiger partial charge is 0.254 e. The molecule has 0 unspecified atom stereocenters. The van der Waals surface area contributed by atoms with Crippen molar-refractivity contribution in [1.29, 1.82) is 0 Å². The number of amides is 3. The molecular weight excluding hydrogens is 460 g/mol. The molecule has 4 rings (SSSR count). The minimum absolute atomic E-state index is 0.0582. The molecule has 9 nitrogen and oxygen atoms in total. The molecule has 0 bridgehead atoms. The van der Waals surface area contributed by atoms with Crippen LogP contribution in [-0.2, 0) is 20.9 Å². The molecule has 3 heterocycles. The van der Waals surface area contributed by atoms with Gasteiger partial charge in [-0.25, -0.2) is 4.98 Å². The maximum absolute atomic E-state index is 13.2. The van der Waals surface area contributed by atoms with E-state index >= 15 is 0 Å². The van der Waals surface area contributed by atoms with Gasteiger partial charge in [0.2, 0.25) is 12.3 Å². The summed E-state index contributed by atoms with van der Waals surface area (Å²) in [6.45, 7) is 5.25. The largest absolute Gasteiger partial charge is 0.497 e. The summed E-state index contributed by atoms with van der Waals surface area (Å²) in [6, 6.07) is 9.13. The summed E-state index contributed by atoms with van der Waals surface area (Å²) in [5, 5.41) is 2.27. The molecule has 1 saturated heterocycles. The molecule has 36 heavy (non-hydrogen) atoms. The van der Waals surface area contributed by atoms with Crippen molar-refractivity contribution in [2.24, 2.45) is 5.41 Å². The summed E-state index contributed by atoms with van der Waals surface area (Å²) in [5.41, 5.74) is 0.789. The fraction of sp³-hybridized carbons (Fsp3) is 0.407. The van der Waals surface area contributed by atoms with E-state index in [9.17, 15) is 14.4 Å². The summed E-state index contributed by atoms with van der Waals surface area (Å²) in [7, 11) is 1.55. The third kappa shape index (κ3) is 5.34. The van der Waals surface area contributed by atoms with Gasteiger partial charge in [0.05, 0.1) is 20.3 Å². The van der Waals surface area contributed by atoms with Crippen molar-refractivity contribution in [3.05, 3.63) is 53.2 Å². The second kappa shape index (κ2) is 11.2. The molecule has 188 valence electrons. The first-order valence-electron chi connectivity index (χ1n) is 12.0. The molecule has 1 aromatic heterocycles. The van der Waals surface area contributed by atoms with Gasteiger partial charge in [-0.05, 0) is 36.2 Å². The summed E-state index contributed by atoms with van der Waals surface area (Å²) < 4.78 is 10.6. The van der Waals surface area contributed by atoms with Crippen molar-refractivity contribution in [2.75, 3.05) is 44.9 Å². The average molecular weight is 491 g/mol. The maximum atomic E-state index is 13.2. The van der Waals surface area contributed by atoms with Crippen LogP contribution in [0, 0.1) is 17.3 Å². The van der Waals surface area contributed by atoms with E-state index in [0.29, 0.717) is 55.9 Å². The second-order valence-corrected chi connectivity index (χ2v) is 8.86.